The molecule has 1 atom stereocenters. The zero-order valence-corrected chi connectivity index (χ0v) is 15.0. The zero-order chi connectivity index (χ0) is 18.0. The fourth-order valence-corrected chi connectivity index (χ4v) is 3.64. The maximum atomic E-state index is 12.5. The lowest BCUT2D eigenvalue weighted by atomic mass is 10.1. The Labute approximate surface area is 149 Å². The molecule has 136 valence electrons. The molecule has 0 spiro atoms. The van der Waals surface area contributed by atoms with Gasteiger partial charge in [0.2, 0.25) is 0 Å². The van der Waals surface area contributed by atoms with E-state index in [9.17, 15) is 9.59 Å². The smallest absolute Gasteiger partial charge is 0.308 e. The first-order chi connectivity index (χ1) is 12.0. The van der Waals surface area contributed by atoms with E-state index in [-0.39, 0.29) is 5.91 Å². The summed E-state index contributed by atoms with van der Waals surface area (Å²) in [5.41, 5.74) is 1.78. The molecule has 0 aromatic heterocycles. The summed E-state index contributed by atoms with van der Waals surface area (Å²) in [4.78, 5) is 30.0. The van der Waals surface area contributed by atoms with Crippen LogP contribution in [0.25, 0.3) is 0 Å². The molecule has 1 amide bonds. The van der Waals surface area contributed by atoms with E-state index in [0.717, 1.165) is 31.9 Å². The van der Waals surface area contributed by atoms with E-state index in [0.29, 0.717) is 31.1 Å². The van der Waals surface area contributed by atoms with Gasteiger partial charge < -0.3 is 14.9 Å². The first kappa shape index (κ1) is 17.7. The van der Waals surface area contributed by atoms with Crippen LogP contribution in [0.5, 0.6) is 0 Å². The Balaban J connectivity index is 1.59. The van der Waals surface area contributed by atoms with Gasteiger partial charge in [-0.2, -0.15) is 0 Å². The second-order valence-electron chi connectivity index (χ2n) is 7.24. The summed E-state index contributed by atoms with van der Waals surface area (Å²) in [6.45, 7) is 9.40. The number of rotatable bonds is 4. The van der Waals surface area contributed by atoms with Crippen molar-refractivity contribution in [2.75, 3.05) is 44.2 Å². The SMILES string of the molecule is CC(C)N1CCN(c2ccc(C(=O)N3CC[C@@H](C(=O)O)C3)cc2)CC1. The van der Waals surface area contributed by atoms with Gasteiger partial charge in [-0.05, 0) is 44.5 Å². The number of benzene rings is 1. The summed E-state index contributed by atoms with van der Waals surface area (Å²) < 4.78 is 0. The Morgan fingerprint density at radius 2 is 1.68 bits per heavy atom. The number of hydrogen-bond acceptors (Lipinski definition) is 4. The molecule has 1 aromatic carbocycles. The first-order valence-electron chi connectivity index (χ1n) is 9.07. The van der Waals surface area contributed by atoms with E-state index in [1.807, 2.05) is 24.3 Å². The third-order valence-corrected chi connectivity index (χ3v) is 5.35. The molecule has 25 heavy (non-hydrogen) atoms. The number of nitrogens with zero attached hydrogens (tertiary/aromatic N) is 3. The van der Waals surface area contributed by atoms with Crippen LogP contribution in [-0.2, 0) is 4.79 Å². The molecule has 0 unspecified atom stereocenters. The van der Waals surface area contributed by atoms with E-state index < -0.39 is 11.9 Å². The largest absolute Gasteiger partial charge is 0.481 e. The highest BCUT2D eigenvalue weighted by Gasteiger charge is 2.31. The highest BCUT2D eigenvalue weighted by atomic mass is 16.4. The monoisotopic (exact) mass is 345 g/mol. The summed E-state index contributed by atoms with van der Waals surface area (Å²) in [5, 5.41) is 9.07. The lowest BCUT2D eigenvalue weighted by Gasteiger charge is -2.38. The summed E-state index contributed by atoms with van der Waals surface area (Å²) >= 11 is 0. The number of hydrogen-bond donors (Lipinski definition) is 1. The molecule has 2 heterocycles. The van der Waals surface area contributed by atoms with Gasteiger partial charge in [-0.1, -0.05) is 0 Å². The molecule has 2 aliphatic heterocycles. The van der Waals surface area contributed by atoms with Crippen molar-refractivity contribution in [3.05, 3.63) is 29.8 Å². The molecule has 3 rings (SSSR count). The standard InChI is InChI=1S/C19H27N3O3/c1-14(2)20-9-11-21(12-10-20)17-5-3-15(4-6-17)18(23)22-8-7-16(13-22)19(24)25/h3-6,14,16H,7-13H2,1-2H3,(H,24,25)/t16-/m1/s1. The topological polar surface area (TPSA) is 64.1 Å². The van der Waals surface area contributed by atoms with Crippen LogP contribution in [0.15, 0.2) is 24.3 Å². The molecule has 0 bridgehead atoms. The molecule has 0 saturated carbocycles. The zero-order valence-electron chi connectivity index (χ0n) is 15.0. The Kier molecular flexibility index (Phi) is 5.27. The maximum absolute atomic E-state index is 12.5. The predicted molar refractivity (Wildman–Crippen MR) is 97.0 cm³/mol. The van der Waals surface area contributed by atoms with Gasteiger partial charge in [0.25, 0.3) is 5.91 Å². The Bertz CT molecular complexity index is 621. The molecule has 1 N–H and O–H groups in total. The number of piperazine rings is 1. The highest BCUT2D eigenvalue weighted by Crippen LogP contribution is 2.22. The van der Waals surface area contributed by atoms with Gasteiger partial charge in [0.05, 0.1) is 5.92 Å². The summed E-state index contributed by atoms with van der Waals surface area (Å²) in [5.74, 6) is -1.31. The molecule has 2 fully saturated rings. The second-order valence-corrected chi connectivity index (χ2v) is 7.24. The molecule has 6 heteroatoms. The summed E-state index contributed by atoms with van der Waals surface area (Å²) in [6, 6.07) is 8.31. The van der Waals surface area contributed by atoms with Crippen molar-refractivity contribution in [2.45, 2.75) is 26.3 Å². The minimum Gasteiger partial charge on any atom is -0.481 e. The van der Waals surface area contributed by atoms with Crippen molar-refractivity contribution in [1.82, 2.24) is 9.80 Å². The number of aliphatic carboxylic acids is 1. The number of carboxylic acids is 1. The lowest BCUT2D eigenvalue weighted by Crippen LogP contribution is -2.48. The van der Waals surface area contributed by atoms with Gasteiger partial charge in [-0.3, -0.25) is 14.5 Å². The Morgan fingerprint density at radius 1 is 1.04 bits per heavy atom. The second kappa shape index (κ2) is 7.44. The van der Waals surface area contributed by atoms with Crippen LogP contribution in [0.2, 0.25) is 0 Å². The van der Waals surface area contributed by atoms with Crippen LogP contribution in [0.4, 0.5) is 5.69 Å². The number of anilines is 1. The van der Waals surface area contributed by atoms with Gasteiger partial charge in [0.1, 0.15) is 0 Å². The van der Waals surface area contributed by atoms with Gasteiger partial charge in [0.15, 0.2) is 0 Å². The first-order valence-corrected chi connectivity index (χ1v) is 9.07. The predicted octanol–water partition coefficient (Wildman–Crippen LogP) is 1.76. The van der Waals surface area contributed by atoms with Crippen LogP contribution in [-0.4, -0.2) is 72.1 Å². The Morgan fingerprint density at radius 3 is 2.20 bits per heavy atom. The molecular formula is C19H27N3O3. The summed E-state index contributed by atoms with van der Waals surface area (Å²) in [7, 11) is 0. The molecule has 2 aliphatic rings. The fourth-order valence-electron chi connectivity index (χ4n) is 3.64. The van der Waals surface area contributed by atoms with Crippen molar-refractivity contribution in [2.24, 2.45) is 5.92 Å². The van der Waals surface area contributed by atoms with Crippen LogP contribution < -0.4 is 4.90 Å². The molecule has 1 aromatic rings. The van der Waals surface area contributed by atoms with Gasteiger partial charge in [0, 0.05) is 56.6 Å². The summed E-state index contributed by atoms with van der Waals surface area (Å²) in [6.07, 6.45) is 0.541. The fraction of sp³-hybridized carbons (Fsp3) is 0.579. The van der Waals surface area contributed by atoms with Crippen molar-refractivity contribution in [3.63, 3.8) is 0 Å². The lowest BCUT2D eigenvalue weighted by molar-refractivity contribution is -0.141. The molecular weight excluding hydrogens is 318 g/mol. The normalized spacial score (nSPS) is 21.8. The van der Waals surface area contributed by atoms with Crippen LogP contribution in [0.1, 0.15) is 30.6 Å². The average molecular weight is 345 g/mol. The maximum Gasteiger partial charge on any atom is 0.308 e. The van der Waals surface area contributed by atoms with E-state index in [1.165, 1.54) is 0 Å². The number of amides is 1. The number of carbonyl (C=O) groups is 2. The Hall–Kier alpha value is -2.08. The van der Waals surface area contributed by atoms with E-state index >= 15 is 0 Å². The van der Waals surface area contributed by atoms with Gasteiger partial charge >= 0.3 is 5.97 Å². The quantitative estimate of drug-likeness (QED) is 0.901. The third-order valence-electron chi connectivity index (χ3n) is 5.35. The van der Waals surface area contributed by atoms with Crippen LogP contribution >= 0.6 is 0 Å². The number of carboxylic acid groups (broad SMARTS) is 1. The number of carbonyl (C=O) groups excluding carboxylic acids is 1. The molecule has 0 radical (unpaired) electrons. The van der Waals surface area contributed by atoms with Crippen molar-refractivity contribution < 1.29 is 14.7 Å². The van der Waals surface area contributed by atoms with Crippen molar-refractivity contribution in [1.29, 1.82) is 0 Å². The number of likely N-dealkylation sites (tertiary alicyclic amines) is 1. The van der Waals surface area contributed by atoms with E-state index in [1.54, 1.807) is 4.90 Å². The minimum absolute atomic E-state index is 0.0695. The average Bonchev–Trinajstić information content (AvgIpc) is 3.12. The van der Waals surface area contributed by atoms with Crippen molar-refractivity contribution in [3.8, 4) is 0 Å². The van der Waals surface area contributed by atoms with E-state index in [4.69, 9.17) is 5.11 Å². The highest BCUT2D eigenvalue weighted by molar-refractivity contribution is 5.95. The minimum atomic E-state index is -0.814. The molecule has 0 aliphatic carbocycles. The van der Waals surface area contributed by atoms with Gasteiger partial charge in [-0.25, -0.2) is 0 Å². The molecule has 2 saturated heterocycles. The van der Waals surface area contributed by atoms with Crippen LogP contribution in [0, 0.1) is 5.92 Å². The van der Waals surface area contributed by atoms with E-state index in [2.05, 4.69) is 23.6 Å². The van der Waals surface area contributed by atoms with Gasteiger partial charge in [-0.15, -0.1) is 0 Å². The molecule has 6 nitrogen and oxygen atoms in total. The van der Waals surface area contributed by atoms with Crippen LogP contribution in [0.3, 0.4) is 0 Å². The third kappa shape index (κ3) is 3.95. The van der Waals surface area contributed by atoms with Crippen molar-refractivity contribution >= 4 is 17.6 Å².